The number of carbonyl (C=O) groups excluding carboxylic acids is 1. The summed E-state index contributed by atoms with van der Waals surface area (Å²) in [5.74, 6) is 1.58. The van der Waals surface area contributed by atoms with Crippen molar-refractivity contribution in [3.8, 4) is 23.8 Å². The Hall–Kier alpha value is -1.99. The Morgan fingerprint density at radius 2 is 2.19 bits per heavy atom. The van der Waals surface area contributed by atoms with E-state index in [9.17, 15) is 15.0 Å². The monoisotopic (exact) mass is 220 g/mol. The van der Waals surface area contributed by atoms with E-state index in [1.165, 1.54) is 0 Å². The highest BCUT2D eigenvalue weighted by Gasteiger charge is 2.14. The first-order valence-electron chi connectivity index (χ1n) is 4.62. The molecule has 0 heterocycles. The summed E-state index contributed by atoms with van der Waals surface area (Å²) in [4.78, 5) is 10.8. The fourth-order valence-electron chi connectivity index (χ4n) is 1.34. The Labute approximate surface area is 93.5 Å². The van der Waals surface area contributed by atoms with E-state index in [2.05, 4.69) is 5.92 Å². The summed E-state index contributed by atoms with van der Waals surface area (Å²) < 4.78 is 5.07. The molecule has 0 unspecified atom stereocenters. The fraction of sp³-hybridized carbons (Fsp3) is 0.250. The van der Waals surface area contributed by atoms with E-state index in [-0.39, 0.29) is 24.5 Å². The van der Waals surface area contributed by atoms with Crippen LogP contribution in [0.3, 0.4) is 0 Å². The Balaban J connectivity index is 3.08. The van der Waals surface area contributed by atoms with Crippen molar-refractivity contribution in [3.63, 3.8) is 0 Å². The quantitative estimate of drug-likeness (QED) is 0.348. The van der Waals surface area contributed by atoms with Crippen LogP contribution in [0.15, 0.2) is 6.07 Å². The van der Waals surface area contributed by atoms with Crippen molar-refractivity contribution >= 4 is 6.29 Å². The van der Waals surface area contributed by atoms with Crippen LogP contribution in [0, 0.1) is 19.3 Å². The second kappa shape index (κ2) is 5.19. The molecule has 0 aromatic heterocycles. The molecular weight excluding hydrogens is 208 g/mol. The number of terminal acetylenes is 1. The number of phenolic OH excluding ortho intramolecular Hbond substituents is 2. The minimum atomic E-state index is -0.422. The van der Waals surface area contributed by atoms with Gasteiger partial charge in [0, 0.05) is 0 Å². The third kappa shape index (κ3) is 2.33. The largest absolute Gasteiger partial charge is 0.504 e. The van der Waals surface area contributed by atoms with E-state index >= 15 is 0 Å². The zero-order valence-corrected chi connectivity index (χ0v) is 8.86. The number of phenols is 2. The number of carbonyl (C=O) groups is 1. The SMILES string of the molecule is C#CCOCc1cc(C)c(O)c(O)c1C=O. The van der Waals surface area contributed by atoms with Crippen LogP contribution in [0.5, 0.6) is 11.5 Å². The first-order valence-corrected chi connectivity index (χ1v) is 4.62. The zero-order chi connectivity index (χ0) is 12.1. The van der Waals surface area contributed by atoms with Gasteiger partial charge in [-0.1, -0.05) is 5.92 Å². The lowest BCUT2D eigenvalue weighted by Gasteiger charge is -2.10. The highest BCUT2D eigenvalue weighted by molar-refractivity contribution is 5.83. The van der Waals surface area contributed by atoms with Crippen molar-refractivity contribution in [1.29, 1.82) is 0 Å². The second-order valence-electron chi connectivity index (χ2n) is 3.28. The summed E-state index contributed by atoms with van der Waals surface area (Å²) in [6.45, 7) is 1.86. The predicted octanol–water partition coefficient (Wildman–Crippen LogP) is 1.37. The number of rotatable bonds is 4. The molecule has 0 aliphatic heterocycles. The normalized spacial score (nSPS) is 9.75. The molecule has 0 saturated heterocycles. The van der Waals surface area contributed by atoms with Crippen LogP contribution < -0.4 is 0 Å². The number of aromatic hydroxyl groups is 2. The number of ether oxygens (including phenoxy) is 1. The molecule has 1 aromatic rings. The average Bonchev–Trinajstić information content (AvgIpc) is 2.27. The molecule has 1 aromatic carbocycles. The van der Waals surface area contributed by atoms with Gasteiger partial charge in [0.05, 0.1) is 12.2 Å². The van der Waals surface area contributed by atoms with E-state index in [0.717, 1.165) is 0 Å². The van der Waals surface area contributed by atoms with Crippen LogP contribution >= 0.6 is 0 Å². The average molecular weight is 220 g/mol. The smallest absolute Gasteiger partial charge is 0.168 e. The Morgan fingerprint density at radius 3 is 2.75 bits per heavy atom. The molecule has 16 heavy (non-hydrogen) atoms. The van der Waals surface area contributed by atoms with Crippen LogP contribution in [0.2, 0.25) is 0 Å². The molecule has 0 fully saturated rings. The van der Waals surface area contributed by atoms with Crippen molar-refractivity contribution in [1.82, 2.24) is 0 Å². The molecule has 0 atom stereocenters. The number of benzene rings is 1. The lowest BCUT2D eigenvalue weighted by atomic mass is 10.0. The molecule has 0 amide bonds. The molecule has 1 rings (SSSR count). The van der Waals surface area contributed by atoms with Gasteiger partial charge in [-0.05, 0) is 24.1 Å². The van der Waals surface area contributed by atoms with Crippen LogP contribution in [-0.4, -0.2) is 23.1 Å². The summed E-state index contributed by atoms with van der Waals surface area (Å²) in [6.07, 6.45) is 5.49. The number of aldehydes is 1. The van der Waals surface area contributed by atoms with E-state index in [0.29, 0.717) is 17.4 Å². The second-order valence-corrected chi connectivity index (χ2v) is 3.28. The van der Waals surface area contributed by atoms with Crippen molar-refractivity contribution < 1.29 is 19.7 Å². The molecule has 4 nitrogen and oxygen atoms in total. The van der Waals surface area contributed by atoms with Crippen molar-refractivity contribution in [3.05, 3.63) is 22.8 Å². The molecule has 84 valence electrons. The van der Waals surface area contributed by atoms with Gasteiger partial charge in [-0.15, -0.1) is 6.42 Å². The summed E-state index contributed by atoms with van der Waals surface area (Å²) in [6, 6.07) is 1.58. The molecule has 2 N–H and O–H groups in total. The van der Waals surface area contributed by atoms with Gasteiger partial charge in [-0.2, -0.15) is 0 Å². The third-order valence-electron chi connectivity index (χ3n) is 2.15. The summed E-state index contributed by atoms with van der Waals surface area (Å²) in [7, 11) is 0. The Bertz CT molecular complexity index is 443. The van der Waals surface area contributed by atoms with Crippen LogP contribution in [0.1, 0.15) is 21.5 Å². The minimum absolute atomic E-state index is 0.0279. The van der Waals surface area contributed by atoms with Crippen LogP contribution in [0.4, 0.5) is 0 Å². The van der Waals surface area contributed by atoms with Gasteiger partial charge < -0.3 is 14.9 Å². The number of hydrogen-bond donors (Lipinski definition) is 2. The van der Waals surface area contributed by atoms with Gasteiger partial charge in [0.1, 0.15) is 6.61 Å². The van der Waals surface area contributed by atoms with Gasteiger partial charge in [0.15, 0.2) is 17.8 Å². The molecule has 0 spiro atoms. The molecule has 0 aliphatic rings. The van der Waals surface area contributed by atoms with Gasteiger partial charge in [0.25, 0.3) is 0 Å². The Kier molecular flexibility index (Phi) is 3.92. The van der Waals surface area contributed by atoms with Crippen molar-refractivity contribution in [2.24, 2.45) is 0 Å². The lowest BCUT2D eigenvalue weighted by molar-refractivity contribution is 0.111. The maximum Gasteiger partial charge on any atom is 0.168 e. The van der Waals surface area contributed by atoms with Crippen molar-refractivity contribution in [2.45, 2.75) is 13.5 Å². The van der Waals surface area contributed by atoms with Crippen molar-refractivity contribution in [2.75, 3.05) is 6.61 Å². The standard InChI is InChI=1S/C12H12O4/c1-3-4-16-7-9-5-8(2)11(14)12(15)10(9)6-13/h1,5-6,14-15H,4,7H2,2H3. The van der Waals surface area contributed by atoms with E-state index in [1.54, 1.807) is 13.0 Å². The lowest BCUT2D eigenvalue weighted by Crippen LogP contribution is -1.99. The Morgan fingerprint density at radius 1 is 1.50 bits per heavy atom. The predicted molar refractivity (Wildman–Crippen MR) is 58.4 cm³/mol. The zero-order valence-electron chi connectivity index (χ0n) is 8.86. The summed E-state index contributed by atoms with van der Waals surface area (Å²) in [5.41, 5.74) is 1.00. The topological polar surface area (TPSA) is 66.8 Å². The molecule has 0 saturated carbocycles. The van der Waals surface area contributed by atoms with Gasteiger partial charge >= 0.3 is 0 Å². The molecule has 0 bridgehead atoms. The van der Waals surface area contributed by atoms with E-state index in [4.69, 9.17) is 11.2 Å². The van der Waals surface area contributed by atoms with Crippen LogP contribution in [-0.2, 0) is 11.3 Å². The molecule has 4 heteroatoms. The van der Waals surface area contributed by atoms with E-state index in [1.807, 2.05) is 0 Å². The maximum atomic E-state index is 10.8. The number of hydrogen-bond acceptors (Lipinski definition) is 4. The fourth-order valence-corrected chi connectivity index (χ4v) is 1.34. The first-order chi connectivity index (χ1) is 7.61. The van der Waals surface area contributed by atoms with E-state index < -0.39 is 5.75 Å². The van der Waals surface area contributed by atoms with Gasteiger partial charge in [0.2, 0.25) is 0 Å². The molecule has 0 aliphatic carbocycles. The van der Waals surface area contributed by atoms with Gasteiger partial charge in [-0.3, -0.25) is 4.79 Å². The molecule has 0 radical (unpaired) electrons. The first kappa shape index (κ1) is 12.1. The molecular formula is C12H12O4. The third-order valence-corrected chi connectivity index (χ3v) is 2.15. The minimum Gasteiger partial charge on any atom is -0.504 e. The number of aryl methyl sites for hydroxylation is 1. The maximum absolute atomic E-state index is 10.8. The highest BCUT2D eigenvalue weighted by atomic mass is 16.5. The summed E-state index contributed by atoms with van der Waals surface area (Å²) in [5, 5.41) is 19.0. The highest BCUT2D eigenvalue weighted by Crippen LogP contribution is 2.34. The van der Waals surface area contributed by atoms with Gasteiger partial charge in [-0.25, -0.2) is 0 Å². The van der Waals surface area contributed by atoms with Crippen LogP contribution in [0.25, 0.3) is 0 Å². The summed E-state index contributed by atoms with van der Waals surface area (Å²) >= 11 is 0.